The van der Waals surface area contributed by atoms with E-state index in [-0.39, 0.29) is 11.7 Å². The van der Waals surface area contributed by atoms with Gasteiger partial charge in [-0.25, -0.2) is 13.6 Å². The van der Waals surface area contributed by atoms with E-state index < -0.39 is 17.7 Å². The molecule has 0 unspecified atom stereocenters. The van der Waals surface area contributed by atoms with Gasteiger partial charge in [-0.05, 0) is 25.0 Å². The summed E-state index contributed by atoms with van der Waals surface area (Å²) >= 11 is 4.79. The molecule has 1 aliphatic rings. The van der Waals surface area contributed by atoms with Gasteiger partial charge in [-0.15, -0.1) is 0 Å². The van der Waals surface area contributed by atoms with E-state index >= 15 is 0 Å². The number of hydrogen-bond donors (Lipinski definition) is 2. The lowest BCUT2D eigenvalue weighted by Gasteiger charge is -2.22. The van der Waals surface area contributed by atoms with Crippen LogP contribution in [0.1, 0.15) is 19.3 Å². The normalized spacial score (nSPS) is 13.9. The Balaban J connectivity index is 2.02. The quantitative estimate of drug-likeness (QED) is 0.822. The maximum absolute atomic E-state index is 13.5. The minimum absolute atomic E-state index is 0.0441. The van der Waals surface area contributed by atoms with Crippen molar-refractivity contribution in [1.29, 1.82) is 0 Å². The molecule has 0 radical (unpaired) electrons. The molecule has 4 nitrogen and oxygen atoms in total. The zero-order valence-corrected chi connectivity index (χ0v) is 11.6. The molecule has 2 rings (SSSR count). The van der Waals surface area contributed by atoms with E-state index in [4.69, 9.17) is 18.0 Å². The van der Waals surface area contributed by atoms with E-state index in [0.29, 0.717) is 18.0 Å². The largest absolute Gasteiger partial charge is 0.393 e. The number of halogens is 2. The molecular formula is C13H15F2N3OS. The molecular weight excluding hydrogens is 284 g/mol. The summed E-state index contributed by atoms with van der Waals surface area (Å²) in [7, 11) is 0. The first kappa shape index (κ1) is 14.6. The molecule has 108 valence electrons. The average Bonchev–Trinajstić information content (AvgIpc) is 3.17. The van der Waals surface area contributed by atoms with Crippen LogP contribution in [0.4, 0.5) is 19.3 Å². The van der Waals surface area contributed by atoms with E-state index in [0.717, 1.165) is 25.0 Å². The molecule has 1 fully saturated rings. The summed E-state index contributed by atoms with van der Waals surface area (Å²) in [5.74, 6) is -1.49. The number of urea groups is 1. The van der Waals surface area contributed by atoms with Gasteiger partial charge in [0.2, 0.25) is 0 Å². The second-order valence-corrected chi connectivity index (χ2v) is 5.22. The highest BCUT2D eigenvalue weighted by Gasteiger charge is 2.32. The molecule has 1 saturated carbocycles. The van der Waals surface area contributed by atoms with Crippen molar-refractivity contribution in [3.05, 3.63) is 29.8 Å². The first-order valence-corrected chi connectivity index (χ1v) is 6.69. The number of hydrogen-bond acceptors (Lipinski definition) is 2. The third kappa shape index (κ3) is 3.86. The molecule has 0 aliphatic heterocycles. The van der Waals surface area contributed by atoms with Crippen LogP contribution >= 0.6 is 12.2 Å². The lowest BCUT2D eigenvalue weighted by atomic mass is 10.3. The van der Waals surface area contributed by atoms with Crippen LogP contribution < -0.4 is 11.1 Å². The zero-order chi connectivity index (χ0) is 14.7. The van der Waals surface area contributed by atoms with Crippen LogP contribution in [0.5, 0.6) is 0 Å². The van der Waals surface area contributed by atoms with Gasteiger partial charge in [-0.2, -0.15) is 0 Å². The molecule has 0 spiro atoms. The zero-order valence-electron chi connectivity index (χ0n) is 10.7. The van der Waals surface area contributed by atoms with Gasteiger partial charge in [0.05, 0.1) is 10.7 Å². The number of nitrogens with two attached hydrogens (primary N) is 1. The molecule has 0 saturated heterocycles. The Morgan fingerprint density at radius 3 is 2.70 bits per heavy atom. The fraction of sp³-hybridized carbons (Fsp3) is 0.385. The highest BCUT2D eigenvalue weighted by molar-refractivity contribution is 7.80. The second-order valence-electron chi connectivity index (χ2n) is 4.70. The Labute approximate surface area is 120 Å². The highest BCUT2D eigenvalue weighted by Crippen LogP contribution is 2.28. The lowest BCUT2D eigenvalue weighted by Crippen LogP contribution is -2.38. The van der Waals surface area contributed by atoms with Crippen molar-refractivity contribution in [2.45, 2.75) is 25.3 Å². The van der Waals surface area contributed by atoms with E-state index in [9.17, 15) is 13.6 Å². The first-order chi connectivity index (χ1) is 9.47. The molecule has 1 aliphatic carbocycles. The molecule has 1 aromatic carbocycles. The Bertz CT molecular complexity index is 534. The van der Waals surface area contributed by atoms with Crippen LogP contribution in [0.3, 0.4) is 0 Å². The second kappa shape index (κ2) is 6.13. The third-order valence-electron chi connectivity index (χ3n) is 3.02. The van der Waals surface area contributed by atoms with E-state index in [2.05, 4.69) is 5.32 Å². The Morgan fingerprint density at radius 2 is 2.15 bits per heavy atom. The van der Waals surface area contributed by atoms with Gasteiger partial charge in [0.15, 0.2) is 0 Å². The summed E-state index contributed by atoms with van der Waals surface area (Å²) < 4.78 is 26.3. The van der Waals surface area contributed by atoms with Gasteiger partial charge in [0.1, 0.15) is 11.6 Å². The van der Waals surface area contributed by atoms with Crippen molar-refractivity contribution in [2.24, 2.45) is 5.73 Å². The minimum Gasteiger partial charge on any atom is -0.393 e. The van der Waals surface area contributed by atoms with Gasteiger partial charge >= 0.3 is 6.03 Å². The van der Waals surface area contributed by atoms with Crippen molar-refractivity contribution in [2.75, 3.05) is 11.9 Å². The van der Waals surface area contributed by atoms with E-state index in [1.165, 1.54) is 6.07 Å². The molecule has 0 atom stereocenters. The van der Waals surface area contributed by atoms with Crippen molar-refractivity contribution in [3.63, 3.8) is 0 Å². The number of nitrogens with zero attached hydrogens (tertiary/aromatic N) is 1. The Kier molecular flexibility index (Phi) is 4.49. The molecule has 7 heteroatoms. The molecule has 3 N–H and O–H groups in total. The maximum Gasteiger partial charge on any atom is 0.322 e. The van der Waals surface area contributed by atoms with Gasteiger partial charge in [-0.1, -0.05) is 12.2 Å². The number of rotatable bonds is 5. The molecule has 20 heavy (non-hydrogen) atoms. The monoisotopic (exact) mass is 299 g/mol. The highest BCUT2D eigenvalue weighted by atomic mass is 32.1. The van der Waals surface area contributed by atoms with Crippen LogP contribution in [0.2, 0.25) is 0 Å². The molecule has 0 heterocycles. The number of carbonyl (C=O) groups is 1. The first-order valence-electron chi connectivity index (χ1n) is 6.28. The fourth-order valence-electron chi connectivity index (χ4n) is 1.84. The number of carbonyl (C=O) groups excluding carboxylic acids is 1. The number of anilines is 1. The smallest absolute Gasteiger partial charge is 0.322 e. The molecule has 2 amide bonds. The van der Waals surface area contributed by atoms with E-state index in [1.54, 1.807) is 4.90 Å². The molecule has 1 aromatic rings. The summed E-state index contributed by atoms with van der Waals surface area (Å²) in [5.41, 5.74) is 5.38. The van der Waals surface area contributed by atoms with E-state index in [1.807, 2.05) is 0 Å². The molecule has 0 aromatic heterocycles. The summed E-state index contributed by atoms with van der Waals surface area (Å²) in [4.78, 5) is 14.0. The summed E-state index contributed by atoms with van der Waals surface area (Å²) in [6.45, 7) is 0.397. The van der Waals surface area contributed by atoms with Gasteiger partial charge in [0, 0.05) is 25.1 Å². The van der Waals surface area contributed by atoms with Crippen molar-refractivity contribution >= 4 is 28.9 Å². The van der Waals surface area contributed by atoms with Crippen molar-refractivity contribution < 1.29 is 13.6 Å². The summed E-state index contributed by atoms with van der Waals surface area (Å²) in [6.07, 6.45) is 2.25. The van der Waals surface area contributed by atoms with Crippen LogP contribution in [0, 0.1) is 11.6 Å². The predicted molar refractivity (Wildman–Crippen MR) is 76.5 cm³/mol. The van der Waals surface area contributed by atoms with Crippen molar-refractivity contribution in [1.82, 2.24) is 4.90 Å². The Morgan fingerprint density at radius 1 is 1.45 bits per heavy atom. The lowest BCUT2D eigenvalue weighted by molar-refractivity contribution is 0.210. The third-order valence-corrected chi connectivity index (χ3v) is 3.22. The summed E-state index contributed by atoms with van der Waals surface area (Å²) in [5, 5.41) is 2.44. The Hall–Kier alpha value is -1.76. The standard InChI is InChI=1S/C13H15F2N3OS/c14-8-1-4-11(10(15)7-8)17-13(19)18(9-2-3-9)6-5-12(16)20/h1,4,7,9H,2-3,5-6H2,(H2,16,20)(H,17,19). The van der Waals surface area contributed by atoms with Gasteiger partial charge in [-0.3, -0.25) is 0 Å². The summed E-state index contributed by atoms with van der Waals surface area (Å²) in [6, 6.07) is 2.74. The minimum atomic E-state index is -0.802. The SMILES string of the molecule is NC(=S)CCN(C(=O)Nc1ccc(F)cc1F)C1CC1. The molecule has 0 bridgehead atoms. The number of nitrogens with one attached hydrogen (secondary N) is 1. The predicted octanol–water partition coefficient (Wildman–Crippen LogP) is 2.64. The van der Waals surface area contributed by atoms with Crippen LogP contribution in [0.15, 0.2) is 18.2 Å². The number of benzene rings is 1. The van der Waals surface area contributed by atoms with Crippen LogP contribution in [0.25, 0.3) is 0 Å². The maximum atomic E-state index is 13.5. The topological polar surface area (TPSA) is 58.4 Å². The average molecular weight is 299 g/mol. The fourth-order valence-corrected chi connectivity index (χ4v) is 1.94. The van der Waals surface area contributed by atoms with Gasteiger partial charge < -0.3 is 16.0 Å². The van der Waals surface area contributed by atoms with Crippen LogP contribution in [-0.2, 0) is 0 Å². The van der Waals surface area contributed by atoms with Crippen molar-refractivity contribution in [3.8, 4) is 0 Å². The van der Waals surface area contributed by atoms with Crippen LogP contribution in [-0.4, -0.2) is 28.5 Å². The number of amides is 2. The number of thiocarbonyl (C=S) groups is 1. The van der Waals surface area contributed by atoms with Gasteiger partial charge in [0.25, 0.3) is 0 Å².